The number of carbonyl (C=O) groups is 5. The summed E-state index contributed by atoms with van der Waals surface area (Å²) in [5.74, 6) is -2.69. The molecule has 0 aliphatic carbocycles. The van der Waals surface area contributed by atoms with Crippen molar-refractivity contribution in [3.8, 4) is 5.75 Å². The summed E-state index contributed by atoms with van der Waals surface area (Å²) in [6.45, 7) is 17.7. The molecule has 13 nitrogen and oxygen atoms in total. The zero-order chi connectivity index (χ0) is 44.4. The topological polar surface area (TPSA) is 156 Å². The number of epoxide rings is 1. The third kappa shape index (κ3) is 14.3. The molecule has 5 rings (SSSR count). The van der Waals surface area contributed by atoms with Crippen LogP contribution >= 0.6 is 11.6 Å². The van der Waals surface area contributed by atoms with Gasteiger partial charge >= 0.3 is 11.9 Å². The molecule has 0 spiro atoms. The molecule has 2 fully saturated rings. The quantitative estimate of drug-likeness (QED) is 0.186. The number of cyclic esters (lactones) is 2. The minimum absolute atomic E-state index is 0.00828. The van der Waals surface area contributed by atoms with Gasteiger partial charge in [-0.1, -0.05) is 96.5 Å². The highest BCUT2D eigenvalue weighted by molar-refractivity contribution is 6.32. The Balaban J connectivity index is 1.25. The first-order valence-corrected chi connectivity index (χ1v) is 22.0. The van der Waals surface area contributed by atoms with Crippen LogP contribution in [0.25, 0.3) is 0 Å². The fourth-order valence-corrected chi connectivity index (χ4v) is 7.89. The SMILES string of the molecule is COc1ccc(C[C@H]2NC(=O)/C=C/C[C@@H]([C@H](C)[C@H]3O[C@@H]3c3ccc(CN4CCN(C(=O)CCC(C)(C)C)CC4)cc3)OC(=O)[C@H](CC(C)C)OC(=O)[C@H](C)CNC2=O)cc1Cl. The maximum absolute atomic E-state index is 13.8. The van der Waals surface area contributed by atoms with Gasteiger partial charge in [-0.25, -0.2) is 4.79 Å². The number of halogens is 1. The van der Waals surface area contributed by atoms with Crippen molar-refractivity contribution in [3.63, 3.8) is 0 Å². The van der Waals surface area contributed by atoms with Gasteiger partial charge in [0.2, 0.25) is 17.7 Å². The third-order valence-corrected chi connectivity index (χ3v) is 11.8. The lowest BCUT2D eigenvalue weighted by Gasteiger charge is -2.35. The highest BCUT2D eigenvalue weighted by Gasteiger charge is 2.48. The summed E-state index contributed by atoms with van der Waals surface area (Å²) in [4.78, 5) is 70.9. The summed E-state index contributed by atoms with van der Waals surface area (Å²) in [6, 6.07) is 12.5. The van der Waals surface area contributed by atoms with E-state index < -0.39 is 47.9 Å². The molecule has 3 aliphatic rings. The number of nitrogens with one attached hydrogen (secondary N) is 2. The fraction of sp³-hybridized carbons (Fsp3) is 0.596. The molecule has 3 heterocycles. The highest BCUT2D eigenvalue weighted by atomic mass is 35.5. The molecule has 14 heteroatoms. The average Bonchev–Trinajstić information content (AvgIpc) is 4.01. The van der Waals surface area contributed by atoms with Crippen LogP contribution in [0.2, 0.25) is 5.02 Å². The van der Waals surface area contributed by atoms with E-state index in [9.17, 15) is 24.0 Å². The van der Waals surface area contributed by atoms with E-state index >= 15 is 0 Å². The van der Waals surface area contributed by atoms with Gasteiger partial charge in [-0.05, 0) is 59.1 Å². The Bertz CT molecular complexity index is 1870. The molecule has 3 aliphatic heterocycles. The molecule has 2 aromatic carbocycles. The van der Waals surface area contributed by atoms with E-state index in [1.54, 1.807) is 31.2 Å². The Morgan fingerprint density at radius 2 is 1.64 bits per heavy atom. The summed E-state index contributed by atoms with van der Waals surface area (Å²) in [5, 5.41) is 5.90. The fourth-order valence-electron chi connectivity index (χ4n) is 7.61. The van der Waals surface area contributed by atoms with Crippen LogP contribution in [0, 0.1) is 23.2 Å². The molecule has 2 saturated heterocycles. The number of carbonyl (C=O) groups excluding carboxylic acids is 5. The van der Waals surface area contributed by atoms with Gasteiger partial charge in [-0.3, -0.25) is 24.1 Å². The van der Waals surface area contributed by atoms with E-state index in [0.29, 0.717) is 22.8 Å². The van der Waals surface area contributed by atoms with Gasteiger partial charge in [-0.15, -0.1) is 0 Å². The number of hydrogen-bond acceptors (Lipinski definition) is 10. The minimum Gasteiger partial charge on any atom is -0.495 e. The van der Waals surface area contributed by atoms with Gasteiger partial charge in [0.1, 0.15) is 24.0 Å². The number of nitrogens with zero attached hydrogens (tertiary/aromatic N) is 2. The molecule has 3 amide bonds. The lowest BCUT2D eigenvalue weighted by Crippen LogP contribution is -2.49. The lowest BCUT2D eigenvalue weighted by molar-refractivity contribution is -0.176. The zero-order valence-electron chi connectivity index (χ0n) is 37.0. The second-order valence-electron chi connectivity index (χ2n) is 18.4. The molecule has 7 atom stereocenters. The first-order chi connectivity index (χ1) is 28.9. The van der Waals surface area contributed by atoms with Crippen molar-refractivity contribution in [3.05, 3.63) is 76.3 Å². The molecule has 0 bridgehead atoms. The first kappa shape index (κ1) is 47.6. The van der Waals surface area contributed by atoms with Crippen LogP contribution in [0.1, 0.15) is 96.9 Å². The highest BCUT2D eigenvalue weighted by Crippen LogP contribution is 2.45. The van der Waals surface area contributed by atoms with Gasteiger partial charge in [0.05, 0.1) is 24.2 Å². The predicted molar refractivity (Wildman–Crippen MR) is 233 cm³/mol. The summed E-state index contributed by atoms with van der Waals surface area (Å²) in [7, 11) is 1.51. The van der Waals surface area contributed by atoms with E-state index in [4.69, 9.17) is 30.5 Å². The van der Waals surface area contributed by atoms with Crippen molar-refractivity contribution in [2.75, 3.05) is 39.8 Å². The maximum Gasteiger partial charge on any atom is 0.347 e. The molecule has 0 aromatic heterocycles. The number of piperazine rings is 1. The molecule has 2 aromatic rings. The standard InChI is InChI=1S/C47H65ClN4O9/c1-29(2)24-39-46(57)59-37(10-9-11-40(53)50-36(44(55)49-27-30(3)45(56)60-39)26-33-14-17-38(58-8)35(48)25-33)31(4)42-43(61-42)34-15-12-32(13-16-34)28-51-20-22-52(23-21-51)41(54)18-19-47(5,6)7/h9,11-17,25,29-31,36-37,39,42-43H,10,18-24,26-28H2,1-8H3,(H,49,55)(H,50,53)/b11-9+/t30-,31+,36-,37+,39+,42-,43-/m1/s1. The Morgan fingerprint density at radius 1 is 0.951 bits per heavy atom. The molecule has 61 heavy (non-hydrogen) atoms. The Labute approximate surface area is 366 Å². The second kappa shape index (κ2) is 21.6. The number of methoxy groups -OCH3 is 1. The van der Waals surface area contributed by atoms with Crippen LogP contribution in [0.4, 0.5) is 0 Å². The zero-order valence-corrected chi connectivity index (χ0v) is 37.8. The molecule has 0 saturated carbocycles. The number of ether oxygens (including phenoxy) is 4. The van der Waals surface area contributed by atoms with E-state index in [1.807, 2.05) is 25.7 Å². The van der Waals surface area contributed by atoms with Crippen molar-refractivity contribution < 1.29 is 42.9 Å². The van der Waals surface area contributed by atoms with E-state index in [1.165, 1.54) is 18.7 Å². The van der Waals surface area contributed by atoms with Crippen LogP contribution in [0.3, 0.4) is 0 Å². The Hall–Kier alpha value is -4.46. The van der Waals surface area contributed by atoms with Crippen LogP contribution in [-0.4, -0.2) is 104 Å². The monoisotopic (exact) mass is 864 g/mol. The summed E-state index contributed by atoms with van der Waals surface area (Å²) < 4.78 is 23.4. The molecule has 2 N–H and O–H groups in total. The summed E-state index contributed by atoms with van der Waals surface area (Å²) in [5.41, 5.74) is 3.01. The predicted octanol–water partition coefficient (Wildman–Crippen LogP) is 6.20. The molecule has 0 unspecified atom stereocenters. The van der Waals surface area contributed by atoms with Crippen LogP contribution in [0.5, 0.6) is 5.75 Å². The first-order valence-electron chi connectivity index (χ1n) is 21.6. The number of hydrogen-bond donors (Lipinski definition) is 2. The van der Waals surface area contributed by atoms with Crippen molar-refractivity contribution in [2.24, 2.45) is 23.2 Å². The second-order valence-corrected chi connectivity index (χ2v) is 18.8. The number of amides is 3. The van der Waals surface area contributed by atoms with Crippen molar-refractivity contribution in [1.29, 1.82) is 0 Å². The number of rotatable bonds is 12. The van der Waals surface area contributed by atoms with Crippen LogP contribution in [-0.2, 0) is 51.1 Å². The minimum atomic E-state index is -1.16. The molecule has 334 valence electrons. The van der Waals surface area contributed by atoms with E-state index in [-0.39, 0.29) is 61.2 Å². The molecule has 0 radical (unpaired) electrons. The largest absolute Gasteiger partial charge is 0.495 e. The van der Waals surface area contributed by atoms with Crippen molar-refractivity contribution in [1.82, 2.24) is 20.4 Å². The lowest BCUT2D eigenvalue weighted by atomic mass is 9.90. The van der Waals surface area contributed by atoms with Crippen LogP contribution in [0.15, 0.2) is 54.6 Å². The van der Waals surface area contributed by atoms with E-state index in [0.717, 1.165) is 44.7 Å². The third-order valence-electron chi connectivity index (χ3n) is 11.5. The van der Waals surface area contributed by atoms with Gasteiger partial charge < -0.3 is 34.5 Å². The number of benzene rings is 2. The normalized spacial score (nSPS) is 25.8. The Morgan fingerprint density at radius 3 is 2.28 bits per heavy atom. The van der Waals surface area contributed by atoms with Gasteiger partial charge in [-0.2, -0.15) is 0 Å². The van der Waals surface area contributed by atoms with Gasteiger partial charge in [0.25, 0.3) is 0 Å². The molecular formula is C47H65ClN4O9. The van der Waals surface area contributed by atoms with Crippen molar-refractivity contribution >= 4 is 41.3 Å². The van der Waals surface area contributed by atoms with Gasteiger partial charge in [0.15, 0.2) is 6.10 Å². The summed E-state index contributed by atoms with van der Waals surface area (Å²) >= 11 is 6.35. The number of esters is 2. The van der Waals surface area contributed by atoms with E-state index in [2.05, 4.69) is 60.6 Å². The smallest absolute Gasteiger partial charge is 0.347 e. The van der Waals surface area contributed by atoms with Crippen molar-refractivity contribution in [2.45, 2.75) is 118 Å². The Kier molecular flexibility index (Phi) is 16.8. The van der Waals surface area contributed by atoms with Gasteiger partial charge in [0, 0.05) is 64.4 Å². The maximum atomic E-state index is 13.8. The molecular weight excluding hydrogens is 800 g/mol. The average molecular weight is 866 g/mol. The van der Waals surface area contributed by atoms with Crippen LogP contribution < -0.4 is 15.4 Å². The summed E-state index contributed by atoms with van der Waals surface area (Å²) in [6.07, 6.45) is 2.61.